The fourth-order valence-corrected chi connectivity index (χ4v) is 1.93. The fraction of sp³-hybridized carbons (Fsp3) is 0.455. The fourth-order valence-electron chi connectivity index (χ4n) is 1.07. The molecule has 0 amide bonds. The smallest absolute Gasteiger partial charge is 0.0302 e. The molecule has 1 aromatic rings. The summed E-state index contributed by atoms with van der Waals surface area (Å²) in [6, 6.07) is 4.35. The maximum absolute atomic E-state index is 3.95. The Morgan fingerprint density at radius 1 is 1.54 bits per heavy atom. The molecule has 1 nitrogen and oxygen atoms in total. The molecule has 1 rings (SSSR count). The summed E-state index contributed by atoms with van der Waals surface area (Å²) in [4.78, 5) is 2.78. The molecule has 0 spiro atoms. The van der Waals surface area contributed by atoms with Crippen LogP contribution in [-0.4, -0.2) is 6.54 Å². The van der Waals surface area contributed by atoms with Gasteiger partial charge in [0.1, 0.15) is 0 Å². The van der Waals surface area contributed by atoms with E-state index in [1.807, 2.05) is 11.3 Å². The molecule has 0 saturated carbocycles. The van der Waals surface area contributed by atoms with Crippen molar-refractivity contribution in [3.8, 4) is 0 Å². The van der Waals surface area contributed by atoms with Gasteiger partial charge in [-0.1, -0.05) is 19.1 Å². The highest BCUT2D eigenvalue weighted by atomic mass is 32.1. The van der Waals surface area contributed by atoms with Gasteiger partial charge in [-0.15, -0.1) is 11.3 Å². The molecule has 1 N–H and O–H groups in total. The number of rotatable bonds is 5. The summed E-state index contributed by atoms with van der Waals surface area (Å²) in [6.45, 7) is 10.1. The Kier molecular flexibility index (Phi) is 4.19. The molecule has 0 bridgehead atoms. The highest BCUT2D eigenvalue weighted by Crippen LogP contribution is 2.14. The van der Waals surface area contributed by atoms with Crippen molar-refractivity contribution in [2.24, 2.45) is 0 Å². The molecule has 0 atom stereocenters. The zero-order chi connectivity index (χ0) is 9.68. The SMILES string of the molecule is C=C(CC)CNCc1ccc(C)s1. The lowest BCUT2D eigenvalue weighted by atomic mass is 10.2. The monoisotopic (exact) mass is 195 g/mol. The van der Waals surface area contributed by atoms with E-state index in [-0.39, 0.29) is 0 Å². The summed E-state index contributed by atoms with van der Waals surface area (Å²) >= 11 is 1.85. The summed E-state index contributed by atoms with van der Waals surface area (Å²) in [5.74, 6) is 0. The Morgan fingerprint density at radius 2 is 2.31 bits per heavy atom. The number of hydrogen-bond donors (Lipinski definition) is 1. The van der Waals surface area contributed by atoms with Gasteiger partial charge in [-0.05, 0) is 25.5 Å². The molecule has 2 heteroatoms. The van der Waals surface area contributed by atoms with Gasteiger partial charge in [-0.3, -0.25) is 0 Å². The minimum absolute atomic E-state index is 0.938. The van der Waals surface area contributed by atoms with Crippen LogP contribution in [0.15, 0.2) is 24.3 Å². The minimum Gasteiger partial charge on any atom is -0.308 e. The van der Waals surface area contributed by atoms with Crippen LogP contribution in [0.25, 0.3) is 0 Å². The van der Waals surface area contributed by atoms with E-state index in [1.54, 1.807) is 0 Å². The van der Waals surface area contributed by atoms with Crippen molar-refractivity contribution in [3.63, 3.8) is 0 Å². The van der Waals surface area contributed by atoms with Crippen LogP contribution in [0, 0.1) is 6.92 Å². The summed E-state index contributed by atoms with van der Waals surface area (Å²) in [7, 11) is 0. The molecule has 0 unspecified atom stereocenters. The van der Waals surface area contributed by atoms with Gasteiger partial charge in [-0.25, -0.2) is 0 Å². The third kappa shape index (κ3) is 3.75. The molecule has 0 aliphatic carbocycles. The number of aryl methyl sites for hydroxylation is 1. The average Bonchev–Trinajstić information content (AvgIpc) is 2.51. The van der Waals surface area contributed by atoms with Gasteiger partial charge in [0.15, 0.2) is 0 Å². The molecule has 0 aromatic carbocycles. The molecule has 1 aromatic heterocycles. The van der Waals surface area contributed by atoms with E-state index in [2.05, 4.69) is 37.9 Å². The molecule has 13 heavy (non-hydrogen) atoms. The first-order valence-electron chi connectivity index (χ1n) is 4.65. The van der Waals surface area contributed by atoms with E-state index < -0.39 is 0 Å². The summed E-state index contributed by atoms with van der Waals surface area (Å²) < 4.78 is 0. The second kappa shape index (κ2) is 5.20. The maximum atomic E-state index is 3.95. The molecule has 72 valence electrons. The van der Waals surface area contributed by atoms with Crippen molar-refractivity contribution in [1.29, 1.82) is 0 Å². The predicted molar refractivity (Wildman–Crippen MR) is 60.2 cm³/mol. The number of thiophene rings is 1. The quantitative estimate of drug-likeness (QED) is 0.712. The van der Waals surface area contributed by atoms with Crippen molar-refractivity contribution in [1.82, 2.24) is 5.32 Å². The predicted octanol–water partition coefficient (Wildman–Crippen LogP) is 3.11. The van der Waals surface area contributed by atoms with E-state index in [1.165, 1.54) is 15.3 Å². The lowest BCUT2D eigenvalue weighted by Gasteiger charge is -2.03. The zero-order valence-electron chi connectivity index (χ0n) is 8.39. The van der Waals surface area contributed by atoms with E-state index >= 15 is 0 Å². The van der Waals surface area contributed by atoms with E-state index in [4.69, 9.17) is 0 Å². The molecular weight excluding hydrogens is 178 g/mol. The largest absolute Gasteiger partial charge is 0.308 e. The molecule has 0 saturated heterocycles. The van der Waals surface area contributed by atoms with Crippen molar-refractivity contribution >= 4 is 11.3 Å². The van der Waals surface area contributed by atoms with Gasteiger partial charge in [0.2, 0.25) is 0 Å². The van der Waals surface area contributed by atoms with Crippen LogP contribution in [0.4, 0.5) is 0 Å². The Balaban J connectivity index is 2.24. The van der Waals surface area contributed by atoms with Gasteiger partial charge in [0.05, 0.1) is 0 Å². The van der Waals surface area contributed by atoms with E-state index in [0.29, 0.717) is 0 Å². The van der Waals surface area contributed by atoms with Crippen LogP contribution in [0.1, 0.15) is 23.1 Å². The lowest BCUT2D eigenvalue weighted by molar-refractivity contribution is 0.735. The highest BCUT2D eigenvalue weighted by molar-refractivity contribution is 7.11. The van der Waals surface area contributed by atoms with Crippen molar-refractivity contribution < 1.29 is 0 Å². The first-order valence-corrected chi connectivity index (χ1v) is 5.46. The zero-order valence-corrected chi connectivity index (χ0v) is 9.21. The summed E-state index contributed by atoms with van der Waals surface area (Å²) in [5.41, 5.74) is 1.27. The third-order valence-electron chi connectivity index (χ3n) is 1.97. The second-order valence-corrected chi connectivity index (χ2v) is 4.59. The normalized spacial score (nSPS) is 10.3. The van der Waals surface area contributed by atoms with Crippen LogP contribution < -0.4 is 5.32 Å². The summed E-state index contributed by atoms with van der Waals surface area (Å²) in [6.07, 6.45) is 1.07. The third-order valence-corrected chi connectivity index (χ3v) is 2.97. The first-order chi connectivity index (χ1) is 6.22. The Labute approximate surface area is 84.5 Å². The second-order valence-electron chi connectivity index (χ2n) is 3.22. The van der Waals surface area contributed by atoms with Crippen molar-refractivity contribution in [3.05, 3.63) is 34.0 Å². The number of nitrogens with one attached hydrogen (secondary N) is 1. The van der Waals surface area contributed by atoms with Gasteiger partial charge in [0.25, 0.3) is 0 Å². The molecule has 1 heterocycles. The van der Waals surface area contributed by atoms with Gasteiger partial charge in [-0.2, -0.15) is 0 Å². The van der Waals surface area contributed by atoms with Gasteiger partial charge >= 0.3 is 0 Å². The van der Waals surface area contributed by atoms with Crippen molar-refractivity contribution in [2.45, 2.75) is 26.8 Å². The standard InChI is InChI=1S/C11H17NS/c1-4-9(2)7-12-8-11-6-5-10(3)13-11/h5-6,12H,2,4,7-8H2,1,3H3. The van der Waals surface area contributed by atoms with Crippen LogP contribution in [0.2, 0.25) is 0 Å². The van der Waals surface area contributed by atoms with Crippen LogP contribution in [0.3, 0.4) is 0 Å². The summed E-state index contributed by atoms with van der Waals surface area (Å²) in [5, 5.41) is 3.38. The van der Waals surface area contributed by atoms with Crippen LogP contribution >= 0.6 is 11.3 Å². The highest BCUT2D eigenvalue weighted by Gasteiger charge is 1.96. The molecule has 0 aliphatic rings. The van der Waals surface area contributed by atoms with Crippen LogP contribution in [-0.2, 0) is 6.54 Å². The Hall–Kier alpha value is -0.600. The Bertz CT molecular complexity index is 275. The van der Waals surface area contributed by atoms with Crippen LogP contribution in [0.5, 0.6) is 0 Å². The van der Waals surface area contributed by atoms with E-state index in [9.17, 15) is 0 Å². The topological polar surface area (TPSA) is 12.0 Å². The molecule has 0 aliphatic heterocycles. The molecular formula is C11H17NS. The van der Waals surface area contributed by atoms with Crippen molar-refractivity contribution in [2.75, 3.05) is 6.54 Å². The average molecular weight is 195 g/mol. The number of hydrogen-bond acceptors (Lipinski definition) is 2. The Morgan fingerprint density at radius 3 is 2.85 bits per heavy atom. The lowest BCUT2D eigenvalue weighted by Crippen LogP contribution is -2.15. The van der Waals surface area contributed by atoms with E-state index in [0.717, 1.165) is 19.5 Å². The van der Waals surface area contributed by atoms with Gasteiger partial charge < -0.3 is 5.32 Å². The molecule has 0 fully saturated rings. The maximum Gasteiger partial charge on any atom is 0.0302 e. The van der Waals surface area contributed by atoms with Gasteiger partial charge in [0, 0.05) is 22.8 Å². The minimum atomic E-state index is 0.938. The molecule has 0 radical (unpaired) electrons. The first kappa shape index (κ1) is 10.5.